The van der Waals surface area contributed by atoms with Gasteiger partial charge in [-0.05, 0) is 54.3 Å². The lowest BCUT2D eigenvalue weighted by Crippen LogP contribution is -2.32. The maximum absolute atomic E-state index is 10.3. The Morgan fingerprint density at radius 2 is 1.68 bits per heavy atom. The van der Waals surface area contributed by atoms with E-state index in [0.29, 0.717) is 18.2 Å². The second kappa shape index (κ2) is 10.3. The molecular formula is C24H26ClNO2. The Labute approximate surface area is 171 Å². The molecule has 0 saturated heterocycles. The van der Waals surface area contributed by atoms with Crippen molar-refractivity contribution in [2.45, 2.75) is 32.1 Å². The summed E-state index contributed by atoms with van der Waals surface area (Å²) < 4.78 is 5.83. The molecule has 0 saturated carbocycles. The Kier molecular flexibility index (Phi) is 7.49. The highest BCUT2D eigenvalue weighted by Crippen LogP contribution is 2.18. The number of aliphatic hydroxyl groups is 1. The van der Waals surface area contributed by atoms with E-state index in [-0.39, 0.29) is 6.04 Å². The van der Waals surface area contributed by atoms with E-state index in [2.05, 4.69) is 36.5 Å². The molecule has 28 heavy (non-hydrogen) atoms. The molecular weight excluding hydrogens is 370 g/mol. The van der Waals surface area contributed by atoms with Crippen molar-refractivity contribution in [3.8, 4) is 5.75 Å². The molecule has 0 spiro atoms. The maximum atomic E-state index is 10.3. The number of nitrogens with one attached hydrogen (secondary N) is 1. The van der Waals surface area contributed by atoms with Crippen LogP contribution in [-0.4, -0.2) is 17.7 Å². The topological polar surface area (TPSA) is 41.5 Å². The molecule has 3 rings (SSSR count). The Morgan fingerprint density at radius 1 is 0.929 bits per heavy atom. The monoisotopic (exact) mass is 395 g/mol. The molecule has 0 aliphatic rings. The molecule has 0 radical (unpaired) electrons. The first kappa shape index (κ1) is 20.4. The lowest BCUT2D eigenvalue weighted by Gasteiger charge is -2.18. The summed E-state index contributed by atoms with van der Waals surface area (Å²) in [6.45, 7) is 3.17. The van der Waals surface area contributed by atoms with Gasteiger partial charge in [0.15, 0.2) is 0 Å². The third-order valence-electron chi connectivity index (χ3n) is 4.61. The summed E-state index contributed by atoms with van der Waals surface area (Å²) in [4.78, 5) is 0. The summed E-state index contributed by atoms with van der Waals surface area (Å²) in [6.07, 6.45) is 0.302. The Balaban J connectivity index is 1.44. The minimum Gasteiger partial charge on any atom is -0.489 e. The van der Waals surface area contributed by atoms with Gasteiger partial charge in [0.2, 0.25) is 0 Å². The van der Waals surface area contributed by atoms with Crippen molar-refractivity contribution < 1.29 is 9.84 Å². The molecule has 0 aromatic heterocycles. The number of hydrogen-bond acceptors (Lipinski definition) is 3. The fourth-order valence-corrected chi connectivity index (χ4v) is 3.23. The fraction of sp³-hybridized carbons (Fsp3) is 0.250. The fourth-order valence-electron chi connectivity index (χ4n) is 3.03. The largest absolute Gasteiger partial charge is 0.489 e. The average Bonchev–Trinajstić information content (AvgIpc) is 2.72. The number of aliphatic hydroxyl groups excluding tert-OH is 1. The van der Waals surface area contributed by atoms with Gasteiger partial charge in [-0.1, -0.05) is 66.2 Å². The number of hydrogen-bond donors (Lipinski definition) is 2. The third-order valence-corrected chi connectivity index (χ3v) is 4.84. The molecule has 0 heterocycles. The molecule has 2 atom stereocenters. The first-order chi connectivity index (χ1) is 13.6. The average molecular weight is 396 g/mol. The summed E-state index contributed by atoms with van der Waals surface area (Å²) >= 11 is 5.99. The Hall–Kier alpha value is -2.33. The lowest BCUT2D eigenvalue weighted by atomic mass is 10.1. The highest BCUT2D eigenvalue weighted by atomic mass is 35.5. The predicted molar refractivity (Wildman–Crippen MR) is 115 cm³/mol. The van der Waals surface area contributed by atoms with Gasteiger partial charge in [0.25, 0.3) is 0 Å². The highest BCUT2D eigenvalue weighted by molar-refractivity contribution is 6.30. The SMILES string of the molecule is C[C@H](Cc1ccc(OCc2ccccc2)cc1)NC[C@H](O)c1cccc(Cl)c1. The summed E-state index contributed by atoms with van der Waals surface area (Å²) in [6, 6.07) is 25.9. The molecule has 0 unspecified atom stereocenters. The van der Waals surface area contributed by atoms with Gasteiger partial charge in [-0.3, -0.25) is 0 Å². The third kappa shape index (κ3) is 6.38. The Morgan fingerprint density at radius 3 is 2.39 bits per heavy atom. The van der Waals surface area contributed by atoms with Gasteiger partial charge in [0.05, 0.1) is 6.10 Å². The number of halogens is 1. The summed E-state index contributed by atoms with van der Waals surface area (Å²) in [5.74, 6) is 0.865. The quantitative estimate of drug-likeness (QED) is 0.525. The van der Waals surface area contributed by atoms with Crippen LogP contribution in [0.3, 0.4) is 0 Å². The van der Waals surface area contributed by atoms with Gasteiger partial charge in [0, 0.05) is 17.6 Å². The van der Waals surface area contributed by atoms with Crippen molar-refractivity contribution in [1.29, 1.82) is 0 Å². The number of rotatable bonds is 9. The van der Waals surface area contributed by atoms with Crippen LogP contribution in [0.2, 0.25) is 5.02 Å². The standard InChI is InChI=1S/C24H26ClNO2/c1-18(26-16-24(27)21-8-5-9-22(25)15-21)14-19-10-12-23(13-11-19)28-17-20-6-3-2-4-7-20/h2-13,15,18,24,26-27H,14,16-17H2,1H3/t18-,24+/m1/s1. The van der Waals surface area contributed by atoms with E-state index in [0.717, 1.165) is 23.3 Å². The first-order valence-corrected chi connectivity index (χ1v) is 9.90. The second-order valence-corrected chi connectivity index (χ2v) is 7.44. The van der Waals surface area contributed by atoms with E-state index in [1.54, 1.807) is 12.1 Å². The van der Waals surface area contributed by atoms with Crippen molar-refractivity contribution in [2.75, 3.05) is 6.54 Å². The summed E-state index contributed by atoms with van der Waals surface area (Å²) in [5, 5.41) is 14.3. The molecule has 0 bridgehead atoms. The molecule has 2 N–H and O–H groups in total. The van der Waals surface area contributed by atoms with Crippen molar-refractivity contribution in [1.82, 2.24) is 5.32 Å². The van der Waals surface area contributed by atoms with Crippen molar-refractivity contribution in [3.63, 3.8) is 0 Å². The van der Waals surface area contributed by atoms with Gasteiger partial charge in [-0.2, -0.15) is 0 Å². The van der Waals surface area contributed by atoms with Crippen LogP contribution < -0.4 is 10.1 Å². The minimum atomic E-state index is -0.574. The molecule has 3 aromatic carbocycles. The first-order valence-electron chi connectivity index (χ1n) is 9.53. The predicted octanol–water partition coefficient (Wildman–Crippen LogP) is 5.17. The molecule has 3 aromatic rings. The van der Waals surface area contributed by atoms with E-state index < -0.39 is 6.10 Å². The van der Waals surface area contributed by atoms with E-state index in [4.69, 9.17) is 16.3 Å². The van der Waals surface area contributed by atoms with Gasteiger partial charge in [-0.15, -0.1) is 0 Å². The van der Waals surface area contributed by atoms with Crippen LogP contribution in [0.25, 0.3) is 0 Å². The van der Waals surface area contributed by atoms with Crippen molar-refractivity contribution >= 4 is 11.6 Å². The lowest BCUT2D eigenvalue weighted by molar-refractivity contribution is 0.170. The summed E-state index contributed by atoms with van der Waals surface area (Å²) in [5.41, 5.74) is 3.21. The van der Waals surface area contributed by atoms with Gasteiger partial charge >= 0.3 is 0 Å². The molecule has 4 heteroatoms. The zero-order chi connectivity index (χ0) is 19.8. The van der Waals surface area contributed by atoms with E-state index in [1.807, 2.05) is 42.5 Å². The molecule has 146 valence electrons. The van der Waals surface area contributed by atoms with E-state index in [1.165, 1.54) is 5.56 Å². The van der Waals surface area contributed by atoms with Crippen LogP contribution in [-0.2, 0) is 13.0 Å². The van der Waals surface area contributed by atoms with Gasteiger partial charge < -0.3 is 15.2 Å². The zero-order valence-electron chi connectivity index (χ0n) is 16.0. The van der Waals surface area contributed by atoms with E-state index >= 15 is 0 Å². The van der Waals surface area contributed by atoms with Gasteiger partial charge in [0.1, 0.15) is 12.4 Å². The second-order valence-electron chi connectivity index (χ2n) is 7.00. The van der Waals surface area contributed by atoms with E-state index in [9.17, 15) is 5.11 Å². The molecule has 0 aliphatic heterocycles. The molecule has 0 amide bonds. The minimum absolute atomic E-state index is 0.241. The van der Waals surface area contributed by atoms with Crippen LogP contribution in [0.1, 0.15) is 29.7 Å². The summed E-state index contributed by atoms with van der Waals surface area (Å²) in [7, 11) is 0. The van der Waals surface area contributed by atoms with Crippen LogP contribution in [0.4, 0.5) is 0 Å². The maximum Gasteiger partial charge on any atom is 0.119 e. The smallest absolute Gasteiger partial charge is 0.119 e. The van der Waals surface area contributed by atoms with Crippen LogP contribution in [0, 0.1) is 0 Å². The molecule has 0 fully saturated rings. The van der Waals surface area contributed by atoms with Crippen LogP contribution in [0.5, 0.6) is 5.75 Å². The Bertz CT molecular complexity index is 852. The van der Waals surface area contributed by atoms with Gasteiger partial charge in [-0.25, -0.2) is 0 Å². The van der Waals surface area contributed by atoms with Crippen LogP contribution in [0.15, 0.2) is 78.9 Å². The van der Waals surface area contributed by atoms with Crippen LogP contribution >= 0.6 is 11.6 Å². The normalized spacial score (nSPS) is 13.1. The highest BCUT2D eigenvalue weighted by Gasteiger charge is 2.10. The zero-order valence-corrected chi connectivity index (χ0v) is 16.8. The van der Waals surface area contributed by atoms with Crippen molar-refractivity contribution in [3.05, 3.63) is 101 Å². The molecule has 0 aliphatic carbocycles. The van der Waals surface area contributed by atoms with Crippen molar-refractivity contribution in [2.24, 2.45) is 0 Å². The molecule has 3 nitrogen and oxygen atoms in total. The number of benzene rings is 3. The number of ether oxygens (including phenoxy) is 1.